The van der Waals surface area contributed by atoms with Crippen molar-refractivity contribution in [2.24, 2.45) is 0 Å². The van der Waals surface area contributed by atoms with Gasteiger partial charge >= 0.3 is 0 Å². The van der Waals surface area contributed by atoms with Gasteiger partial charge in [0.15, 0.2) is 0 Å². The van der Waals surface area contributed by atoms with E-state index in [-0.39, 0.29) is 0 Å². The Labute approximate surface area is 103 Å². The first-order valence-corrected chi connectivity index (χ1v) is 6.29. The zero-order chi connectivity index (χ0) is 11.8. The highest BCUT2D eigenvalue weighted by Crippen LogP contribution is 2.25. The Bertz CT molecular complexity index is 656. The summed E-state index contributed by atoms with van der Waals surface area (Å²) in [6.07, 6.45) is 1.26. The minimum absolute atomic E-state index is 0.640. The van der Waals surface area contributed by atoms with Crippen LogP contribution < -0.4 is 0 Å². The number of nitrogens with one attached hydrogen (secondary N) is 1. The van der Waals surface area contributed by atoms with Gasteiger partial charge in [-0.1, -0.05) is 6.07 Å². The minimum Gasteiger partial charge on any atom is -0.382 e. The molecule has 1 aromatic carbocycles. The first-order valence-electron chi connectivity index (χ1n) is 5.41. The van der Waals surface area contributed by atoms with Crippen LogP contribution in [0.3, 0.4) is 0 Å². The van der Waals surface area contributed by atoms with Gasteiger partial charge in [0.1, 0.15) is 6.10 Å². The van der Waals surface area contributed by atoms with Crippen molar-refractivity contribution in [1.29, 1.82) is 0 Å². The Hall–Kier alpha value is -1.65. The number of aliphatic hydroxyl groups is 1. The van der Waals surface area contributed by atoms with Crippen molar-refractivity contribution in [3.05, 3.63) is 52.1 Å². The number of nitrogens with zero attached hydrogens (tertiary/aromatic N) is 1. The molecule has 1 unspecified atom stereocenters. The molecular formula is C13H12N2OS. The van der Waals surface area contributed by atoms with Crippen molar-refractivity contribution in [2.45, 2.75) is 13.0 Å². The van der Waals surface area contributed by atoms with Crippen LogP contribution in [0.25, 0.3) is 10.9 Å². The van der Waals surface area contributed by atoms with Crippen molar-refractivity contribution in [3.63, 3.8) is 0 Å². The molecule has 2 heterocycles. The molecule has 0 amide bonds. The maximum atomic E-state index is 10.2. The average molecular weight is 244 g/mol. The largest absolute Gasteiger partial charge is 0.382 e. The number of aryl methyl sites for hydroxylation is 1. The van der Waals surface area contributed by atoms with E-state index in [0.29, 0.717) is 0 Å². The third-order valence-corrected chi connectivity index (χ3v) is 3.60. The lowest BCUT2D eigenvalue weighted by molar-refractivity contribution is 0.216. The smallest absolute Gasteiger partial charge is 0.122 e. The number of hydrogen-bond donors (Lipinski definition) is 2. The zero-order valence-electron chi connectivity index (χ0n) is 9.34. The molecule has 0 bridgehead atoms. The molecule has 2 aromatic heterocycles. The fraction of sp³-hybridized carbons (Fsp3) is 0.154. The number of aliphatic hydroxyl groups excluding tert-OH is 1. The van der Waals surface area contributed by atoms with Crippen molar-refractivity contribution >= 4 is 22.2 Å². The van der Waals surface area contributed by atoms with Gasteiger partial charge in [-0.15, -0.1) is 11.3 Å². The molecule has 0 fully saturated rings. The van der Waals surface area contributed by atoms with Gasteiger partial charge in [-0.05, 0) is 36.1 Å². The summed E-state index contributed by atoms with van der Waals surface area (Å²) in [5.41, 5.74) is 2.68. The van der Waals surface area contributed by atoms with Crippen LogP contribution in [0.4, 0.5) is 0 Å². The molecule has 0 saturated heterocycles. The molecule has 0 aliphatic heterocycles. The van der Waals surface area contributed by atoms with Gasteiger partial charge in [-0.3, -0.25) is 0 Å². The summed E-state index contributed by atoms with van der Waals surface area (Å²) in [6, 6.07) is 7.90. The Kier molecular flexibility index (Phi) is 2.46. The predicted octanol–water partition coefficient (Wildman–Crippen LogP) is 3.01. The lowest BCUT2D eigenvalue weighted by atomic mass is 10.1. The molecule has 0 aliphatic carbocycles. The van der Waals surface area contributed by atoms with Crippen LogP contribution >= 0.6 is 11.3 Å². The van der Waals surface area contributed by atoms with E-state index in [1.807, 2.05) is 42.8 Å². The second kappa shape index (κ2) is 3.98. The summed E-state index contributed by atoms with van der Waals surface area (Å²) in [5.74, 6) is 0. The second-order valence-corrected chi connectivity index (χ2v) is 5.08. The fourth-order valence-corrected chi connectivity index (χ4v) is 2.55. The molecule has 17 heavy (non-hydrogen) atoms. The summed E-state index contributed by atoms with van der Waals surface area (Å²) < 4.78 is 0. The number of benzene rings is 1. The molecule has 1 atom stereocenters. The monoisotopic (exact) mass is 244 g/mol. The first-order chi connectivity index (χ1) is 8.24. The average Bonchev–Trinajstić information content (AvgIpc) is 2.95. The van der Waals surface area contributed by atoms with Crippen LogP contribution in [0.1, 0.15) is 22.4 Å². The van der Waals surface area contributed by atoms with Crippen LogP contribution in [0, 0.1) is 6.92 Å². The molecule has 0 spiro atoms. The Morgan fingerprint density at radius 3 is 3.00 bits per heavy atom. The van der Waals surface area contributed by atoms with Gasteiger partial charge < -0.3 is 10.1 Å². The quantitative estimate of drug-likeness (QED) is 0.728. The van der Waals surface area contributed by atoms with E-state index >= 15 is 0 Å². The molecule has 3 aromatic rings. The highest BCUT2D eigenvalue weighted by molar-refractivity contribution is 7.09. The number of rotatable bonds is 2. The number of fused-ring (bicyclic) bond motifs is 1. The topological polar surface area (TPSA) is 48.9 Å². The van der Waals surface area contributed by atoms with E-state index in [9.17, 15) is 5.11 Å². The van der Waals surface area contributed by atoms with Crippen LogP contribution in [-0.2, 0) is 0 Å². The number of aromatic nitrogens is 2. The minimum atomic E-state index is -0.640. The van der Waals surface area contributed by atoms with Crippen LogP contribution in [0.2, 0.25) is 0 Å². The molecular weight excluding hydrogens is 232 g/mol. The third-order valence-electron chi connectivity index (χ3n) is 2.81. The molecule has 2 N–H and O–H groups in total. The normalized spacial score (nSPS) is 13.1. The highest BCUT2D eigenvalue weighted by Gasteiger charge is 2.13. The lowest BCUT2D eigenvalue weighted by Gasteiger charge is -2.08. The number of H-pyrrole nitrogens is 1. The van der Waals surface area contributed by atoms with E-state index in [4.69, 9.17) is 0 Å². The maximum absolute atomic E-state index is 10.2. The molecule has 0 saturated carbocycles. The molecule has 0 aliphatic rings. The Balaban J connectivity index is 2.02. The number of thiazole rings is 1. The summed E-state index contributed by atoms with van der Waals surface area (Å²) in [6.45, 7) is 1.94. The summed E-state index contributed by atoms with van der Waals surface area (Å²) in [7, 11) is 0. The van der Waals surface area contributed by atoms with Crippen molar-refractivity contribution in [1.82, 2.24) is 9.97 Å². The Morgan fingerprint density at radius 1 is 1.35 bits per heavy atom. The van der Waals surface area contributed by atoms with E-state index in [0.717, 1.165) is 27.2 Å². The van der Waals surface area contributed by atoms with Crippen molar-refractivity contribution in [2.75, 3.05) is 0 Å². The van der Waals surface area contributed by atoms with Gasteiger partial charge in [-0.2, -0.15) is 0 Å². The SMILES string of the molecule is Cc1nc(C(O)c2ccc3[nH]ccc3c2)cs1. The Morgan fingerprint density at radius 2 is 2.24 bits per heavy atom. The number of hydrogen-bond acceptors (Lipinski definition) is 3. The molecule has 4 heteroatoms. The van der Waals surface area contributed by atoms with Gasteiger partial charge in [0.05, 0.1) is 10.7 Å². The van der Waals surface area contributed by atoms with Gasteiger partial charge in [-0.25, -0.2) is 4.98 Å². The highest BCUT2D eigenvalue weighted by atomic mass is 32.1. The van der Waals surface area contributed by atoms with Crippen molar-refractivity contribution in [3.8, 4) is 0 Å². The second-order valence-electron chi connectivity index (χ2n) is 4.02. The summed E-state index contributed by atoms with van der Waals surface area (Å²) >= 11 is 1.56. The van der Waals surface area contributed by atoms with Crippen LogP contribution in [0.5, 0.6) is 0 Å². The molecule has 3 rings (SSSR count). The van der Waals surface area contributed by atoms with E-state index < -0.39 is 6.10 Å². The third kappa shape index (κ3) is 1.85. The van der Waals surface area contributed by atoms with E-state index in [1.165, 1.54) is 0 Å². The number of aromatic amines is 1. The first kappa shape index (κ1) is 10.5. The summed E-state index contributed by atoms with van der Waals surface area (Å²) in [5, 5.41) is 14.2. The van der Waals surface area contributed by atoms with Crippen molar-refractivity contribution < 1.29 is 5.11 Å². The zero-order valence-corrected chi connectivity index (χ0v) is 10.2. The predicted molar refractivity (Wildman–Crippen MR) is 69.2 cm³/mol. The molecule has 3 nitrogen and oxygen atoms in total. The fourth-order valence-electron chi connectivity index (χ4n) is 1.92. The molecule has 86 valence electrons. The van der Waals surface area contributed by atoms with Gasteiger partial charge in [0, 0.05) is 17.1 Å². The lowest BCUT2D eigenvalue weighted by Crippen LogP contribution is -1.99. The summed E-state index contributed by atoms with van der Waals surface area (Å²) in [4.78, 5) is 7.45. The van der Waals surface area contributed by atoms with E-state index in [1.54, 1.807) is 11.3 Å². The van der Waals surface area contributed by atoms with E-state index in [2.05, 4.69) is 9.97 Å². The maximum Gasteiger partial charge on any atom is 0.122 e. The van der Waals surface area contributed by atoms with Crippen LogP contribution in [-0.4, -0.2) is 15.1 Å². The van der Waals surface area contributed by atoms with Gasteiger partial charge in [0.2, 0.25) is 0 Å². The molecule has 0 radical (unpaired) electrons. The standard InChI is InChI=1S/C13H12N2OS/c1-8-15-12(7-17-8)13(16)10-2-3-11-9(6-10)4-5-14-11/h2-7,13-14,16H,1H3. The van der Waals surface area contributed by atoms with Crippen LogP contribution in [0.15, 0.2) is 35.8 Å². The van der Waals surface area contributed by atoms with Gasteiger partial charge in [0.25, 0.3) is 0 Å².